The van der Waals surface area contributed by atoms with Crippen LogP contribution in [0, 0.1) is 0 Å². The highest BCUT2D eigenvalue weighted by atomic mass is 16.2. The van der Waals surface area contributed by atoms with Crippen molar-refractivity contribution in [3.63, 3.8) is 0 Å². The molecule has 0 radical (unpaired) electrons. The van der Waals surface area contributed by atoms with Crippen molar-refractivity contribution in [3.05, 3.63) is 29.8 Å². The molecule has 0 unspecified atom stereocenters. The zero-order chi connectivity index (χ0) is 11.4. The Bertz CT molecular complexity index is 357. The van der Waals surface area contributed by atoms with E-state index in [2.05, 4.69) is 16.0 Å². The summed E-state index contributed by atoms with van der Waals surface area (Å²) in [7, 11) is 1.60. The second-order valence-corrected chi connectivity index (χ2v) is 4.06. The summed E-state index contributed by atoms with van der Waals surface area (Å²) in [4.78, 5) is 11.1. The van der Waals surface area contributed by atoms with E-state index in [-0.39, 0.29) is 6.03 Å². The van der Waals surface area contributed by atoms with Crippen molar-refractivity contribution in [2.24, 2.45) is 0 Å². The number of carbonyl (C=O) groups excluding carboxylic acids is 1. The molecule has 86 valence electrons. The third-order valence-electron chi connectivity index (χ3n) is 2.61. The number of hydrogen-bond donors (Lipinski definition) is 3. The molecule has 1 fully saturated rings. The molecule has 4 heteroatoms. The quantitative estimate of drug-likeness (QED) is 0.721. The maximum Gasteiger partial charge on any atom is 0.318 e. The average Bonchev–Trinajstić information content (AvgIpc) is 3.12. The van der Waals surface area contributed by atoms with Crippen LogP contribution >= 0.6 is 0 Å². The Labute approximate surface area is 95.4 Å². The van der Waals surface area contributed by atoms with Gasteiger partial charge in [0.1, 0.15) is 0 Å². The summed E-state index contributed by atoms with van der Waals surface area (Å²) in [5.41, 5.74) is 2.06. The van der Waals surface area contributed by atoms with Gasteiger partial charge in [-0.1, -0.05) is 12.1 Å². The fraction of sp³-hybridized carbons (Fsp3) is 0.417. The van der Waals surface area contributed by atoms with E-state index < -0.39 is 0 Å². The van der Waals surface area contributed by atoms with Crippen LogP contribution in [0.25, 0.3) is 0 Å². The first-order chi connectivity index (χ1) is 7.78. The number of urea groups is 1. The van der Waals surface area contributed by atoms with Gasteiger partial charge in [-0.2, -0.15) is 0 Å². The zero-order valence-electron chi connectivity index (χ0n) is 9.42. The third-order valence-corrected chi connectivity index (χ3v) is 2.61. The second kappa shape index (κ2) is 4.99. The molecule has 16 heavy (non-hydrogen) atoms. The maximum absolute atomic E-state index is 11.1. The number of nitrogens with one attached hydrogen (secondary N) is 3. The van der Waals surface area contributed by atoms with E-state index in [0.717, 1.165) is 18.3 Å². The van der Waals surface area contributed by atoms with E-state index in [1.54, 1.807) is 7.05 Å². The molecule has 1 aromatic carbocycles. The van der Waals surface area contributed by atoms with Crippen LogP contribution in [0.15, 0.2) is 24.3 Å². The number of amides is 2. The van der Waals surface area contributed by atoms with Gasteiger partial charge in [-0.05, 0) is 30.5 Å². The molecule has 4 nitrogen and oxygen atoms in total. The molecule has 1 aliphatic carbocycles. The van der Waals surface area contributed by atoms with Crippen molar-refractivity contribution in [2.75, 3.05) is 12.4 Å². The fourth-order valence-electron chi connectivity index (χ4n) is 1.45. The normalized spacial score (nSPS) is 14.6. The van der Waals surface area contributed by atoms with E-state index in [9.17, 15) is 4.79 Å². The highest BCUT2D eigenvalue weighted by Crippen LogP contribution is 2.19. The summed E-state index contributed by atoms with van der Waals surface area (Å²) in [6.07, 6.45) is 2.60. The van der Waals surface area contributed by atoms with Gasteiger partial charge in [0.25, 0.3) is 0 Å². The van der Waals surface area contributed by atoms with Gasteiger partial charge in [-0.25, -0.2) is 4.79 Å². The monoisotopic (exact) mass is 219 g/mol. The van der Waals surface area contributed by atoms with Gasteiger partial charge in [0.15, 0.2) is 0 Å². The molecule has 0 aromatic heterocycles. The molecule has 0 saturated heterocycles. The van der Waals surface area contributed by atoms with Crippen molar-refractivity contribution in [3.8, 4) is 0 Å². The number of carbonyl (C=O) groups is 1. The number of benzene rings is 1. The van der Waals surface area contributed by atoms with Crippen molar-refractivity contribution in [1.82, 2.24) is 10.6 Å². The molecule has 1 saturated carbocycles. The Hall–Kier alpha value is -1.55. The largest absolute Gasteiger partial charge is 0.341 e. The summed E-state index contributed by atoms with van der Waals surface area (Å²) >= 11 is 0. The van der Waals surface area contributed by atoms with Crippen molar-refractivity contribution in [2.45, 2.75) is 25.4 Å². The molecule has 1 aromatic rings. The molecule has 0 heterocycles. The van der Waals surface area contributed by atoms with Crippen LogP contribution in [0.2, 0.25) is 0 Å². The lowest BCUT2D eigenvalue weighted by Crippen LogP contribution is -2.24. The molecular weight excluding hydrogens is 202 g/mol. The number of rotatable bonds is 4. The van der Waals surface area contributed by atoms with E-state index in [1.165, 1.54) is 18.4 Å². The van der Waals surface area contributed by atoms with E-state index in [4.69, 9.17) is 0 Å². The lowest BCUT2D eigenvalue weighted by molar-refractivity contribution is 0.254. The van der Waals surface area contributed by atoms with Crippen molar-refractivity contribution < 1.29 is 4.79 Å². The molecule has 3 N–H and O–H groups in total. The summed E-state index contributed by atoms with van der Waals surface area (Å²) in [5.74, 6) is 0. The minimum Gasteiger partial charge on any atom is -0.341 e. The molecule has 2 rings (SSSR count). The van der Waals surface area contributed by atoms with E-state index in [0.29, 0.717) is 0 Å². The molecule has 0 bridgehead atoms. The Balaban J connectivity index is 1.85. The second-order valence-electron chi connectivity index (χ2n) is 4.06. The summed E-state index contributed by atoms with van der Waals surface area (Å²) < 4.78 is 0. The van der Waals surface area contributed by atoms with Crippen LogP contribution < -0.4 is 16.0 Å². The predicted molar refractivity (Wildman–Crippen MR) is 64.4 cm³/mol. The summed E-state index contributed by atoms with van der Waals surface area (Å²) in [6.45, 7) is 0.908. The number of anilines is 1. The Morgan fingerprint density at radius 1 is 1.31 bits per heavy atom. The first-order valence-corrected chi connectivity index (χ1v) is 5.59. The number of hydrogen-bond acceptors (Lipinski definition) is 2. The molecule has 0 spiro atoms. The molecule has 0 aliphatic heterocycles. The first-order valence-electron chi connectivity index (χ1n) is 5.59. The highest BCUT2D eigenvalue weighted by Gasteiger charge is 2.19. The third kappa shape index (κ3) is 3.24. The summed E-state index contributed by atoms with van der Waals surface area (Å²) in [6, 6.07) is 8.42. The van der Waals surface area contributed by atoms with Crippen LogP contribution in [0.3, 0.4) is 0 Å². The first kappa shape index (κ1) is 11.0. The van der Waals surface area contributed by atoms with Gasteiger partial charge in [-0.15, -0.1) is 0 Å². The lowest BCUT2D eigenvalue weighted by Gasteiger charge is -2.06. The minimum absolute atomic E-state index is 0.191. The topological polar surface area (TPSA) is 53.2 Å². The van der Waals surface area contributed by atoms with Gasteiger partial charge in [0.2, 0.25) is 0 Å². The Morgan fingerprint density at radius 3 is 2.56 bits per heavy atom. The standard InChI is InChI=1S/C12H17N3O/c1-13-12(16)15-11-4-2-9(3-5-11)8-14-10-6-7-10/h2-5,10,14H,6-8H2,1H3,(H2,13,15,16). The van der Waals surface area contributed by atoms with Crippen LogP contribution in [0.1, 0.15) is 18.4 Å². The molecule has 2 amide bonds. The van der Waals surface area contributed by atoms with Gasteiger partial charge < -0.3 is 16.0 Å². The van der Waals surface area contributed by atoms with Gasteiger partial charge >= 0.3 is 6.03 Å². The average molecular weight is 219 g/mol. The smallest absolute Gasteiger partial charge is 0.318 e. The van der Waals surface area contributed by atoms with Gasteiger partial charge in [0, 0.05) is 25.3 Å². The molecule has 1 aliphatic rings. The van der Waals surface area contributed by atoms with E-state index >= 15 is 0 Å². The highest BCUT2D eigenvalue weighted by molar-refractivity contribution is 5.88. The van der Waals surface area contributed by atoms with Crippen molar-refractivity contribution >= 4 is 11.7 Å². The predicted octanol–water partition coefficient (Wildman–Crippen LogP) is 1.69. The Morgan fingerprint density at radius 2 is 2.00 bits per heavy atom. The van der Waals surface area contributed by atoms with Crippen molar-refractivity contribution in [1.29, 1.82) is 0 Å². The van der Waals surface area contributed by atoms with Crippen LogP contribution in [-0.2, 0) is 6.54 Å². The van der Waals surface area contributed by atoms with Gasteiger partial charge in [-0.3, -0.25) is 0 Å². The van der Waals surface area contributed by atoms with Crippen LogP contribution in [0.4, 0.5) is 10.5 Å². The lowest BCUT2D eigenvalue weighted by atomic mass is 10.2. The SMILES string of the molecule is CNC(=O)Nc1ccc(CNC2CC2)cc1. The molecule has 0 atom stereocenters. The minimum atomic E-state index is -0.191. The van der Waals surface area contributed by atoms with Crippen LogP contribution in [-0.4, -0.2) is 19.1 Å². The summed E-state index contributed by atoms with van der Waals surface area (Å²) in [5, 5.41) is 8.68. The maximum atomic E-state index is 11.1. The fourth-order valence-corrected chi connectivity index (χ4v) is 1.45. The Kier molecular flexibility index (Phi) is 3.41. The van der Waals surface area contributed by atoms with Gasteiger partial charge in [0.05, 0.1) is 0 Å². The zero-order valence-corrected chi connectivity index (χ0v) is 9.42. The molecular formula is C12H17N3O. The van der Waals surface area contributed by atoms with Crippen LogP contribution in [0.5, 0.6) is 0 Å². The van der Waals surface area contributed by atoms with E-state index in [1.807, 2.05) is 24.3 Å².